The van der Waals surface area contributed by atoms with Crippen LogP contribution in [0.3, 0.4) is 0 Å². The maximum absolute atomic E-state index is 9.90. The molecular weight excluding hydrogens is 336 g/mol. The Hall–Kier alpha value is -1.06. The van der Waals surface area contributed by atoms with E-state index in [2.05, 4.69) is 0 Å². The average molecular weight is 360 g/mol. The summed E-state index contributed by atoms with van der Waals surface area (Å²) in [5.74, 6) is 0. The molecule has 0 saturated carbocycles. The first-order valence-electron chi connectivity index (χ1n) is 6.65. The van der Waals surface area contributed by atoms with Crippen molar-refractivity contribution in [2.75, 3.05) is 13.2 Å². The van der Waals surface area contributed by atoms with E-state index < -0.39 is 62.0 Å². The van der Waals surface area contributed by atoms with E-state index in [4.69, 9.17) is 51.1 Å². The summed E-state index contributed by atoms with van der Waals surface area (Å²) in [4.78, 5) is 19.8. The van der Waals surface area contributed by atoms with Crippen molar-refractivity contribution in [2.45, 2.75) is 48.8 Å². The molecule has 0 amide bonds. The molecule has 0 aromatic rings. The van der Waals surface area contributed by atoms with Crippen LogP contribution in [0, 0.1) is 0 Å². The fourth-order valence-corrected chi connectivity index (χ4v) is 1.24. The van der Waals surface area contributed by atoms with E-state index in [1.54, 1.807) is 0 Å². The lowest BCUT2D eigenvalue weighted by Crippen LogP contribution is -2.46. The van der Waals surface area contributed by atoms with Crippen molar-refractivity contribution in [3.63, 3.8) is 0 Å². The molecule has 0 fully saturated rings. The van der Waals surface area contributed by atoms with Gasteiger partial charge in [0, 0.05) is 0 Å². The molecule has 0 heterocycles. The van der Waals surface area contributed by atoms with Crippen LogP contribution in [-0.4, -0.2) is 126 Å². The number of carbonyl (C=O) groups is 2. The first-order chi connectivity index (χ1) is 11.1. The van der Waals surface area contributed by atoms with Gasteiger partial charge in [0.25, 0.3) is 0 Å². The van der Waals surface area contributed by atoms with Crippen LogP contribution >= 0.6 is 0 Å². The molecule has 0 aromatic carbocycles. The van der Waals surface area contributed by atoms with E-state index in [9.17, 15) is 9.59 Å². The first kappa shape index (κ1) is 25.2. The maximum atomic E-state index is 9.90. The molecule has 0 unspecified atom stereocenters. The van der Waals surface area contributed by atoms with E-state index in [-0.39, 0.29) is 12.6 Å². The van der Waals surface area contributed by atoms with Crippen molar-refractivity contribution in [1.29, 1.82) is 0 Å². The van der Waals surface area contributed by atoms with Crippen molar-refractivity contribution >= 4 is 12.6 Å². The van der Waals surface area contributed by atoms with Crippen LogP contribution < -0.4 is 0 Å². The second-order valence-corrected chi connectivity index (χ2v) is 4.72. The molecule has 0 saturated heterocycles. The Morgan fingerprint density at radius 1 is 0.542 bits per heavy atom. The summed E-state index contributed by atoms with van der Waals surface area (Å²) in [6.07, 6.45) is -13.7. The maximum Gasteiger partial charge on any atom is 0.151 e. The molecule has 0 rings (SSSR count). The van der Waals surface area contributed by atoms with Gasteiger partial charge in [-0.3, -0.25) is 0 Å². The molecule has 24 heavy (non-hydrogen) atoms. The fourth-order valence-electron chi connectivity index (χ4n) is 1.24. The van der Waals surface area contributed by atoms with Crippen molar-refractivity contribution in [3.8, 4) is 0 Å². The van der Waals surface area contributed by atoms with Gasteiger partial charge in [0.2, 0.25) is 0 Å². The standard InChI is InChI=1S/2C6H12O6/c2*7-1-3(9)5(11)6(12)4(10)2-8/h2*1,3-6,8-12H,2H2/t3-,4+,5-,6-;3-,4-,5-,6-/m01/s1. The number of aliphatic hydroxyl groups excluding tert-OH is 10. The molecule has 144 valence electrons. The third-order valence-electron chi connectivity index (χ3n) is 2.84. The van der Waals surface area contributed by atoms with Gasteiger partial charge in [0.1, 0.15) is 48.8 Å². The average Bonchev–Trinajstić information content (AvgIpc) is 2.62. The van der Waals surface area contributed by atoms with E-state index in [1.165, 1.54) is 0 Å². The highest BCUT2D eigenvalue weighted by Gasteiger charge is 2.30. The summed E-state index contributed by atoms with van der Waals surface area (Å²) in [5.41, 5.74) is 0. The number of aldehydes is 2. The zero-order valence-electron chi connectivity index (χ0n) is 12.5. The van der Waals surface area contributed by atoms with Gasteiger partial charge in [0.05, 0.1) is 13.2 Å². The van der Waals surface area contributed by atoms with Gasteiger partial charge in [-0.2, -0.15) is 0 Å². The predicted octanol–water partition coefficient (Wildman–Crippen LogP) is -6.76. The summed E-state index contributed by atoms with van der Waals surface area (Å²) in [5, 5.41) is 87.1. The molecule has 0 aliphatic carbocycles. The molecule has 0 aromatic heterocycles. The number of hydrogen-bond acceptors (Lipinski definition) is 12. The molecule has 8 atom stereocenters. The Kier molecular flexibility index (Phi) is 13.9. The lowest BCUT2D eigenvalue weighted by atomic mass is 10.0. The molecule has 12 heteroatoms. The van der Waals surface area contributed by atoms with E-state index in [0.717, 1.165) is 0 Å². The van der Waals surface area contributed by atoms with Gasteiger partial charge in [-0.1, -0.05) is 0 Å². The van der Waals surface area contributed by atoms with Crippen molar-refractivity contribution in [3.05, 3.63) is 0 Å². The van der Waals surface area contributed by atoms with Gasteiger partial charge < -0.3 is 60.7 Å². The van der Waals surface area contributed by atoms with Crippen LogP contribution in [0.5, 0.6) is 0 Å². The summed E-state index contributed by atoms with van der Waals surface area (Å²) >= 11 is 0. The molecule has 0 bridgehead atoms. The number of carbonyl (C=O) groups excluding carboxylic acids is 2. The summed E-state index contributed by atoms with van der Waals surface area (Å²) < 4.78 is 0. The second kappa shape index (κ2) is 13.3. The lowest BCUT2D eigenvalue weighted by Gasteiger charge is -2.22. The Labute approximate surface area is 136 Å². The monoisotopic (exact) mass is 360 g/mol. The van der Waals surface area contributed by atoms with Gasteiger partial charge in [-0.15, -0.1) is 0 Å². The molecule has 12 nitrogen and oxygen atoms in total. The minimum atomic E-state index is -1.79. The Bertz CT molecular complexity index is 308. The Morgan fingerprint density at radius 2 is 0.792 bits per heavy atom. The summed E-state index contributed by atoms with van der Waals surface area (Å²) in [7, 11) is 0. The fraction of sp³-hybridized carbons (Fsp3) is 0.833. The summed E-state index contributed by atoms with van der Waals surface area (Å²) in [6, 6.07) is 0. The van der Waals surface area contributed by atoms with Crippen molar-refractivity contribution < 1.29 is 60.7 Å². The highest BCUT2D eigenvalue weighted by molar-refractivity contribution is 5.57. The molecule has 0 aliphatic heterocycles. The number of rotatable bonds is 10. The predicted molar refractivity (Wildman–Crippen MR) is 74.4 cm³/mol. The minimum Gasteiger partial charge on any atom is -0.394 e. The molecular formula is C12H24O12. The smallest absolute Gasteiger partial charge is 0.151 e. The zero-order valence-corrected chi connectivity index (χ0v) is 12.5. The lowest BCUT2D eigenvalue weighted by molar-refractivity contribution is -0.136. The molecule has 0 aliphatic rings. The molecule has 0 spiro atoms. The SMILES string of the molecule is O=C[C@@H](O)[C@@H](O)[C@H](O)[C@H](O)CO.O=C[C@H](O)[C@H](O)[C@@H](O)[C@H](O)CO. The highest BCUT2D eigenvalue weighted by atomic mass is 16.4. The van der Waals surface area contributed by atoms with Crippen LogP contribution in [0.4, 0.5) is 0 Å². The largest absolute Gasteiger partial charge is 0.394 e. The highest BCUT2D eigenvalue weighted by Crippen LogP contribution is 2.03. The third-order valence-corrected chi connectivity index (χ3v) is 2.84. The van der Waals surface area contributed by atoms with E-state index in [0.29, 0.717) is 0 Å². The van der Waals surface area contributed by atoms with Gasteiger partial charge in [0.15, 0.2) is 12.6 Å². The van der Waals surface area contributed by atoms with Crippen molar-refractivity contribution in [2.24, 2.45) is 0 Å². The van der Waals surface area contributed by atoms with Crippen molar-refractivity contribution in [1.82, 2.24) is 0 Å². The van der Waals surface area contributed by atoms with Crippen LogP contribution in [0.25, 0.3) is 0 Å². The Morgan fingerprint density at radius 3 is 0.958 bits per heavy atom. The van der Waals surface area contributed by atoms with Crippen LogP contribution in [0.2, 0.25) is 0 Å². The quantitative estimate of drug-likeness (QED) is 0.164. The van der Waals surface area contributed by atoms with Gasteiger partial charge >= 0.3 is 0 Å². The minimum absolute atomic E-state index is 0.0258. The van der Waals surface area contributed by atoms with Gasteiger partial charge in [-0.05, 0) is 0 Å². The second-order valence-electron chi connectivity index (χ2n) is 4.72. The van der Waals surface area contributed by atoms with E-state index >= 15 is 0 Å². The zero-order chi connectivity index (χ0) is 19.4. The first-order valence-corrected chi connectivity index (χ1v) is 6.65. The molecule has 0 radical (unpaired) electrons. The van der Waals surface area contributed by atoms with Crippen LogP contribution in [0.15, 0.2) is 0 Å². The Balaban J connectivity index is 0. The van der Waals surface area contributed by atoms with Crippen LogP contribution in [0.1, 0.15) is 0 Å². The molecule has 10 N–H and O–H groups in total. The topological polar surface area (TPSA) is 236 Å². The normalized spacial score (nSPS) is 21.1. The van der Waals surface area contributed by atoms with E-state index in [1.807, 2.05) is 0 Å². The van der Waals surface area contributed by atoms with Gasteiger partial charge in [-0.25, -0.2) is 0 Å². The summed E-state index contributed by atoms with van der Waals surface area (Å²) in [6.45, 7) is -1.52. The number of aliphatic hydroxyl groups is 10. The number of hydrogen-bond donors (Lipinski definition) is 10. The van der Waals surface area contributed by atoms with Crippen LogP contribution in [-0.2, 0) is 9.59 Å². The third kappa shape index (κ3) is 8.70.